The van der Waals surface area contributed by atoms with Crippen LogP contribution in [0.4, 0.5) is 0 Å². The van der Waals surface area contributed by atoms with Crippen LogP contribution in [0.1, 0.15) is 95.8 Å². The molecule has 6 aromatic heterocycles. The van der Waals surface area contributed by atoms with Crippen molar-refractivity contribution >= 4 is 91.6 Å². The molecule has 0 saturated heterocycles. The Morgan fingerprint density at radius 3 is 1.30 bits per heavy atom. The van der Waals surface area contributed by atoms with Crippen LogP contribution in [-0.4, -0.2) is 51.4 Å². The van der Waals surface area contributed by atoms with E-state index in [4.69, 9.17) is 0 Å². The van der Waals surface area contributed by atoms with Crippen LogP contribution in [0.5, 0.6) is 0 Å². The van der Waals surface area contributed by atoms with E-state index < -0.39 is 0 Å². The van der Waals surface area contributed by atoms with Crippen molar-refractivity contribution in [1.82, 2.24) is 20.0 Å². The second-order valence-electron chi connectivity index (χ2n) is 14.9. The highest BCUT2D eigenvalue weighted by Gasteiger charge is 2.19. The maximum atomic E-state index is 13.1. The summed E-state index contributed by atoms with van der Waals surface area (Å²) in [6, 6.07) is 34.1. The van der Waals surface area contributed by atoms with Crippen LogP contribution in [0.2, 0.25) is 0 Å². The highest BCUT2D eigenvalue weighted by Crippen LogP contribution is 2.22. The van der Waals surface area contributed by atoms with Crippen LogP contribution in [-0.2, 0) is 42.3 Å². The molecule has 330 valence electrons. The van der Waals surface area contributed by atoms with Gasteiger partial charge in [0.05, 0.1) is 35.9 Å². The minimum absolute atomic E-state index is 0.0100. The van der Waals surface area contributed by atoms with Crippen molar-refractivity contribution in [2.24, 2.45) is 0 Å². The molecular weight excluding hydrogens is 901 g/mol. The molecule has 0 aliphatic rings. The summed E-state index contributed by atoms with van der Waals surface area (Å²) in [7, 11) is 0. The second-order valence-corrected chi connectivity index (χ2v) is 20.9. The molecule has 4 amide bonds. The number of nitrogens with one attached hydrogen (secondary N) is 1. The average molecular weight is 955 g/mol. The first-order valence-corrected chi connectivity index (χ1v) is 26.5. The lowest BCUT2D eigenvalue weighted by Crippen LogP contribution is -2.31. The first kappa shape index (κ1) is 47.8. The van der Waals surface area contributed by atoms with Crippen molar-refractivity contribution < 1.29 is 19.2 Å². The van der Waals surface area contributed by atoms with Crippen molar-refractivity contribution in [3.63, 3.8) is 0 Å². The highest BCUT2D eigenvalue weighted by molar-refractivity contribution is 7.12. The number of hydrogen-bond acceptors (Lipinski definition) is 10. The van der Waals surface area contributed by atoms with Crippen molar-refractivity contribution in [2.45, 2.75) is 84.1 Å². The first-order valence-electron chi connectivity index (χ1n) is 21.2. The van der Waals surface area contributed by atoms with Crippen LogP contribution >= 0.6 is 68.0 Å². The van der Waals surface area contributed by atoms with Gasteiger partial charge in [0.15, 0.2) is 0 Å². The molecule has 7 rings (SSSR count). The zero-order chi connectivity index (χ0) is 43.9. The smallest absolute Gasteiger partial charge is 0.264 e. The molecule has 7 aromatic rings. The number of carbonyl (C=O) groups excluding carboxylic acids is 4. The third-order valence-corrected chi connectivity index (χ3v) is 15.2. The number of amides is 4. The normalized spacial score (nSPS) is 10.8. The van der Waals surface area contributed by atoms with Gasteiger partial charge in [0.2, 0.25) is 11.8 Å². The van der Waals surface area contributed by atoms with Crippen molar-refractivity contribution in [3.8, 4) is 0 Å². The van der Waals surface area contributed by atoms with E-state index in [2.05, 4.69) is 52.5 Å². The van der Waals surface area contributed by atoms with E-state index in [0.717, 1.165) is 53.8 Å². The van der Waals surface area contributed by atoms with Gasteiger partial charge in [-0.25, -0.2) is 0 Å². The van der Waals surface area contributed by atoms with Gasteiger partial charge in [-0.05, 0) is 99.9 Å². The predicted molar refractivity (Wildman–Crippen MR) is 265 cm³/mol. The topological polar surface area (TPSA) is 90.0 Å². The lowest BCUT2D eigenvalue weighted by molar-refractivity contribution is -0.133. The van der Waals surface area contributed by atoms with E-state index in [1.807, 2.05) is 103 Å². The lowest BCUT2D eigenvalue weighted by Gasteiger charge is -2.23. The number of thiophene rings is 6. The summed E-state index contributed by atoms with van der Waals surface area (Å²) in [6.07, 6.45) is 6.38. The zero-order valence-corrected chi connectivity index (χ0v) is 40.2. The number of rotatable bonds is 24. The van der Waals surface area contributed by atoms with Gasteiger partial charge in [-0.15, -0.1) is 68.0 Å². The highest BCUT2D eigenvalue weighted by atomic mass is 32.1. The molecule has 0 saturated carbocycles. The summed E-state index contributed by atoms with van der Waals surface area (Å²) in [6.45, 7) is 4.61. The van der Waals surface area contributed by atoms with E-state index in [0.29, 0.717) is 58.7 Å². The fraction of sp³-hybridized carbons (Fsp3) is 0.306. The van der Waals surface area contributed by atoms with Gasteiger partial charge >= 0.3 is 0 Å². The molecule has 1 N–H and O–H groups in total. The number of nitrogens with zero attached hydrogens (tertiary/aromatic N) is 3. The standard InChI is InChI=1S/C28H30N2O2S3.C21H24N2O2S3/c31-27(30(21-24-12-7-17-33-24)22-25-13-8-18-34-25)15-5-2-6-16-29(20-23-10-3-1-4-11-23)28(32)26-14-9-19-35-26;24-20(10-2-1-3-11-22-21(25)19-9-6-14-28-19)23(15-17-7-4-12-26-17)16-18-8-5-13-27-18/h1,3-4,7-14,17-19H,2,5-6,15-16,20-22H2;4-9,12-14H,1-3,10-11,15-16H2,(H,22,25). The average Bonchev–Trinajstić information content (AvgIpc) is 4.16. The Kier molecular flexibility index (Phi) is 20.3. The molecule has 8 nitrogen and oxygen atoms in total. The Morgan fingerprint density at radius 1 is 0.413 bits per heavy atom. The van der Waals surface area contributed by atoms with Gasteiger partial charge < -0.3 is 20.0 Å². The molecular formula is C49H54N4O4S6. The van der Waals surface area contributed by atoms with Gasteiger partial charge in [0.25, 0.3) is 11.8 Å². The molecule has 0 aliphatic heterocycles. The summed E-state index contributed by atoms with van der Waals surface area (Å²) in [5.41, 5.74) is 1.13. The molecule has 0 bridgehead atoms. The molecule has 1 aromatic carbocycles. The van der Waals surface area contributed by atoms with Crippen LogP contribution in [0.3, 0.4) is 0 Å². The summed E-state index contributed by atoms with van der Waals surface area (Å²) >= 11 is 9.69. The Bertz CT molecular complexity index is 2220. The molecule has 0 atom stereocenters. The Hall–Kier alpha value is -4.70. The largest absolute Gasteiger partial charge is 0.351 e. The number of benzene rings is 1. The monoisotopic (exact) mass is 954 g/mol. The molecule has 14 heteroatoms. The number of hydrogen-bond donors (Lipinski definition) is 1. The van der Waals surface area contributed by atoms with Crippen LogP contribution in [0, 0.1) is 0 Å². The molecule has 0 radical (unpaired) electrons. The molecule has 63 heavy (non-hydrogen) atoms. The van der Waals surface area contributed by atoms with Crippen LogP contribution < -0.4 is 5.32 Å². The Balaban J connectivity index is 0.000000215. The van der Waals surface area contributed by atoms with Gasteiger partial charge in [-0.3, -0.25) is 19.2 Å². The van der Waals surface area contributed by atoms with Crippen molar-refractivity contribution in [2.75, 3.05) is 13.1 Å². The van der Waals surface area contributed by atoms with E-state index >= 15 is 0 Å². The molecule has 0 unspecified atom stereocenters. The Labute approximate surface area is 395 Å². The minimum Gasteiger partial charge on any atom is -0.351 e. The summed E-state index contributed by atoms with van der Waals surface area (Å²) < 4.78 is 0. The van der Waals surface area contributed by atoms with Crippen LogP contribution in [0.25, 0.3) is 0 Å². The molecule has 0 spiro atoms. The van der Waals surface area contributed by atoms with Crippen molar-refractivity contribution in [3.05, 3.63) is 170 Å². The fourth-order valence-electron chi connectivity index (χ4n) is 6.79. The van der Waals surface area contributed by atoms with E-state index in [9.17, 15) is 19.2 Å². The fourth-order valence-corrected chi connectivity index (χ4v) is 11.0. The number of unbranched alkanes of at least 4 members (excludes halogenated alkanes) is 4. The van der Waals surface area contributed by atoms with Gasteiger partial charge in [0, 0.05) is 52.0 Å². The molecule has 0 fully saturated rings. The maximum Gasteiger partial charge on any atom is 0.264 e. The molecule has 6 heterocycles. The third kappa shape index (κ3) is 16.7. The third-order valence-electron chi connectivity index (χ3n) is 10.1. The van der Waals surface area contributed by atoms with Gasteiger partial charge in [0.1, 0.15) is 0 Å². The van der Waals surface area contributed by atoms with E-state index in [1.165, 1.54) is 42.2 Å². The SMILES string of the molecule is O=C(CCCCCN(Cc1ccccc1)C(=O)c1cccs1)N(Cc1cccs1)Cc1cccs1.O=C(NCCCCCC(=O)N(Cc1cccs1)Cc1cccs1)c1cccs1. The quantitative estimate of drug-likeness (QED) is 0.0611. The maximum absolute atomic E-state index is 13.1. The summed E-state index contributed by atoms with van der Waals surface area (Å²) in [4.78, 5) is 63.0. The van der Waals surface area contributed by atoms with E-state index in [-0.39, 0.29) is 23.6 Å². The molecule has 0 aliphatic carbocycles. The van der Waals surface area contributed by atoms with Crippen LogP contribution in [0.15, 0.2) is 135 Å². The van der Waals surface area contributed by atoms with E-state index in [1.54, 1.807) is 45.3 Å². The minimum atomic E-state index is -0.0100. The summed E-state index contributed by atoms with van der Waals surface area (Å²) in [5, 5.41) is 15.0. The Morgan fingerprint density at radius 2 is 0.857 bits per heavy atom. The first-order chi connectivity index (χ1) is 30.9. The van der Waals surface area contributed by atoms with Gasteiger partial charge in [-0.2, -0.15) is 0 Å². The predicted octanol–water partition coefficient (Wildman–Crippen LogP) is 12.7. The zero-order valence-electron chi connectivity index (χ0n) is 35.3. The van der Waals surface area contributed by atoms with Crippen molar-refractivity contribution in [1.29, 1.82) is 0 Å². The number of carbonyl (C=O) groups is 4. The van der Waals surface area contributed by atoms with Gasteiger partial charge in [-0.1, -0.05) is 79.6 Å². The second kappa shape index (κ2) is 26.8. The lowest BCUT2D eigenvalue weighted by atomic mass is 10.1. The summed E-state index contributed by atoms with van der Waals surface area (Å²) in [5.74, 6) is 0.467.